The van der Waals surface area contributed by atoms with Gasteiger partial charge in [0, 0.05) is 42.4 Å². The van der Waals surface area contributed by atoms with Gasteiger partial charge < -0.3 is 10.2 Å². The number of nitrogens with one attached hydrogen (secondary N) is 1. The number of anilines is 2. The van der Waals surface area contributed by atoms with Crippen LogP contribution in [-0.2, 0) is 4.79 Å². The molecule has 1 atom stereocenters. The molecule has 0 radical (unpaired) electrons. The number of nitro groups is 1. The van der Waals surface area contributed by atoms with Gasteiger partial charge in [-0.1, -0.05) is 57.2 Å². The van der Waals surface area contributed by atoms with Crippen LogP contribution < -0.4 is 10.2 Å². The maximum Gasteiger partial charge on any atom is 0.292 e. The molecule has 0 amide bonds. The van der Waals surface area contributed by atoms with E-state index in [-0.39, 0.29) is 21.8 Å². The van der Waals surface area contributed by atoms with Crippen LogP contribution in [0.4, 0.5) is 17.1 Å². The smallest absolute Gasteiger partial charge is 0.292 e. The summed E-state index contributed by atoms with van der Waals surface area (Å²) in [7, 11) is 0. The van der Waals surface area contributed by atoms with E-state index >= 15 is 0 Å². The van der Waals surface area contributed by atoms with Crippen LogP contribution in [0.3, 0.4) is 0 Å². The number of nitrogens with zero attached hydrogens (tertiary/aromatic N) is 2. The van der Waals surface area contributed by atoms with Crippen molar-refractivity contribution in [3.63, 3.8) is 0 Å². The summed E-state index contributed by atoms with van der Waals surface area (Å²) in [5, 5.41) is 18.1. The van der Waals surface area contributed by atoms with Crippen LogP contribution in [0.2, 0.25) is 0 Å². The maximum absolute atomic E-state index is 13.7. The van der Waals surface area contributed by atoms with Gasteiger partial charge >= 0.3 is 0 Å². The van der Waals surface area contributed by atoms with Crippen molar-refractivity contribution in [3.8, 4) is 0 Å². The topological polar surface area (TPSA) is 75.5 Å². The van der Waals surface area contributed by atoms with Crippen molar-refractivity contribution in [1.29, 1.82) is 0 Å². The normalized spacial score (nSPS) is 21.4. The number of carbonyl (C=O) groups is 1. The monoisotopic (exact) mass is 495 g/mol. The molecule has 6 nitrogen and oxygen atoms in total. The predicted octanol–water partition coefficient (Wildman–Crippen LogP) is 7.29. The zero-order valence-corrected chi connectivity index (χ0v) is 21.7. The highest BCUT2D eigenvalue weighted by atomic mass is 16.6. The standard InChI is InChI=1S/C31H33N3O3/c1-19-12-14-33(15-13-19)25-11-9-21(16-26(25)34(36)37)30-29-23(17-31(2,3)18-27(29)35)28-22-7-5-4-6-20(22)8-10-24(28)32-30/h4-11,16,19,30,32H,12-15,17-18H2,1-3H3/t30-/m0/s1. The molecule has 0 bridgehead atoms. The van der Waals surface area contributed by atoms with Crippen LogP contribution in [0.15, 0.2) is 60.2 Å². The molecule has 6 heteroatoms. The molecule has 0 aromatic heterocycles. The number of hydrogen-bond donors (Lipinski definition) is 1. The summed E-state index contributed by atoms with van der Waals surface area (Å²) >= 11 is 0. The number of carbonyl (C=O) groups excluding carboxylic acids is 1. The first-order chi connectivity index (χ1) is 17.7. The number of nitro benzene ring substituents is 1. The molecule has 1 N–H and O–H groups in total. The quantitative estimate of drug-likeness (QED) is 0.305. The summed E-state index contributed by atoms with van der Waals surface area (Å²) < 4.78 is 0. The van der Waals surface area contributed by atoms with E-state index in [1.165, 1.54) is 0 Å². The van der Waals surface area contributed by atoms with Gasteiger partial charge in [0.25, 0.3) is 5.69 Å². The summed E-state index contributed by atoms with van der Waals surface area (Å²) in [6, 6.07) is 17.6. The highest BCUT2D eigenvalue weighted by Gasteiger charge is 2.41. The fraction of sp³-hybridized carbons (Fsp3) is 0.387. The molecule has 2 aliphatic heterocycles. The summed E-state index contributed by atoms with van der Waals surface area (Å²) in [5.41, 5.74) is 5.32. The van der Waals surface area contributed by atoms with Crippen molar-refractivity contribution >= 4 is 39.2 Å². The molecule has 0 spiro atoms. The molecule has 2 heterocycles. The molecule has 3 aromatic carbocycles. The van der Waals surface area contributed by atoms with Crippen LogP contribution in [0.25, 0.3) is 16.3 Å². The van der Waals surface area contributed by atoms with Crippen molar-refractivity contribution in [2.75, 3.05) is 23.3 Å². The lowest BCUT2D eigenvalue weighted by Crippen LogP contribution is -2.34. The summed E-state index contributed by atoms with van der Waals surface area (Å²) in [6.45, 7) is 8.18. The molecule has 1 saturated heterocycles. The SMILES string of the molecule is CC1CCN(c2ccc([C@@H]3Nc4ccc5ccccc5c4C4=C3C(=O)CC(C)(C)C4)cc2[N+](=O)[O-])CC1. The predicted molar refractivity (Wildman–Crippen MR) is 149 cm³/mol. The van der Waals surface area contributed by atoms with Gasteiger partial charge in [0.05, 0.1) is 11.0 Å². The Kier molecular flexibility index (Phi) is 5.59. The van der Waals surface area contributed by atoms with Gasteiger partial charge in [-0.25, -0.2) is 0 Å². The zero-order chi connectivity index (χ0) is 25.9. The lowest BCUT2D eigenvalue weighted by Gasteiger charge is -2.40. The second-order valence-corrected chi connectivity index (χ2v) is 11.8. The van der Waals surface area contributed by atoms with Crippen molar-refractivity contribution in [2.24, 2.45) is 11.3 Å². The van der Waals surface area contributed by atoms with E-state index in [1.807, 2.05) is 24.3 Å². The summed E-state index contributed by atoms with van der Waals surface area (Å²) in [5.74, 6) is 0.767. The zero-order valence-electron chi connectivity index (χ0n) is 21.7. The Morgan fingerprint density at radius 2 is 1.78 bits per heavy atom. The van der Waals surface area contributed by atoms with E-state index in [9.17, 15) is 14.9 Å². The highest BCUT2D eigenvalue weighted by Crippen LogP contribution is 2.52. The third-order valence-electron chi connectivity index (χ3n) is 8.39. The lowest BCUT2D eigenvalue weighted by molar-refractivity contribution is -0.384. The van der Waals surface area contributed by atoms with E-state index in [0.717, 1.165) is 71.1 Å². The Morgan fingerprint density at radius 3 is 2.54 bits per heavy atom. The molecule has 1 fully saturated rings. The molecule has 1 aliphatic carbocycles. The van der Waals surface area contributed by atoms with Gasteiger partial charge in [0.1, 0.15) is 5.69 Å². The number of ketones is 1. The number of allylic oxidation sites excluding steroid dienone is 1. The van der Waals surface area contributed by atoms with Gasteiger partial charge in [-0.15, -0.1) is 0 Å². The van der Waals surface area contributed by atoms with Crippen molar-refractivity contribution in [3.05, 3.63) is 81.4 Å². The van der Waals surface area contributed by atoms with E-state index < -0.39 is 6.04 Å². The van der Waals surface area contributed by atoms with Gasteiger partial charge in [0.15, 0.2) is 5.78 Å². The first-order valence-corrected chi connectivity index (χ1v) is 13.3. The van der Waals surface area contributed by atoms with Gasteiger partial charge in [-0.05, 0) is 64.6 Å². The number of rotatable bonds is 3. The summed E-state index contributed by atoms with van der Waals surface area (Å²) in [4.78, 5) is 27.8. The number of Topliss-reactive ketones (excluding diaryl/α,β-unsaturated/α-hetero) is 1. The van der Waals surface area contributed by atoms with E-state index in [4.69, 9.17) is 0 Å². The van der Waals surface area contributed by atoms with Crippen LogP contribution in [0.5, 0.6) is 0 Å². The number of fused-ring (bicyclic) bond motifs is 4. The second kappa shape index (κ2) is 8.72. The van der Waals surface area contributed by atoms with E-state index in [1.54, 1.807) is 6.07 Å². The van der Waals surface area contributed by atoms with Crippen LogP contribution in [-0.4, -0.2) is 23.8 Å². The van der Waals surface area contributed by atoms with Crippen molar-refractivity contribution in [2.45, 2.75) is 52.5 Å². The molecular formula is C31H33N3O3. The van der Waals surface area contributed by atoms with Gasteiger partial charge in [0.2, 0.25) is 0 Å². The number of hydrogen-bond acceptors (Lipinski definition) is 5. The average Bonchev–Trinajstić information content (AvgIpc) is 2.87. The van der Waals surface area contributed by atoms with Crippen LogP contribution in [0.1, 0.15) is 63.6 Å². The molecule has 0 unspecified atom stereocenters. The fourth-order valence-electron chi connectivity index (χ4n) is 6.47. The minimum atomic E-state index is -0.415. The first kappa shape index (κ1) is 23.7. The molecule has 0 saturated carbocycles. The first-order valence-electron chi connectivity index (χ1n) is 13.3. The second-order valence-electron chi connectivity index (χ2n) is 11.8. The van der Waals surface area contributed by atoms with E-state index in [0.29, 0.717) is 18.0 Å². The van der Waals surface area contributed by atoms with Crippen molar-refractivity contribution < 1.29 is 9.72 Å². The van der Waals surface area contributed by atoms with Gasteiger partial charge in [-0.3, -0.25) is 14.9 Å². The molecule has 190 valence electrons. The van der Waals surface area contributed by atoms with Crippen molar-refractivity contribution in [1.82, 2.24) is 0 Å². The third kappa shape index (κ3) is 4.08. The van der Waals surface area contributed by atoms with Crippen LogP contribution in [0, 0.1) is 21.4 Å². The molecule has 37 heavy (non-hydrogen) atoms. The molecule has 3 aromatic rings. The minimum absolute atomic E-state index is 0.115. The Balaban J connectivity index is 1.50. The molecule has 3 aliphatic rings. The maximum atomic E-state index is 13.7. The molecule has 6 rings (SSSR count). The van der Waals surface area contributed by atoms with E-state index in [2.05, 4.69) is 55.3 Å². The Labute approximate surface area is 217 Å². The minimum Gasteiger partial charge on any atom is -0.373 e. The van der Waals surface area contributed by atoms with Gasteiger partial charge in [-0.2, -0.15) is 0 Å². The Bertz CT molecular complexity index is 1460. The number of benzene rings is 3. The lowest BCUT2D eigenvalue weighted by atomic mass is 9.68. The highest BCUT2D eigenvalue weighted by molar-refractivity contribution is 6.12. The Hall–Kier alpha value is -3.67. The van der Waals surface area contributed by atoms with Crippen LogP contribution >= 0.6 is 0 Å². The fourth-order valence-corrected chi connectivity index (χ4v) is 6.47. The molecular weight excluding hydrogens is 462 g/mol. The average molecular weight is 496 g/mol. The summed E-state index contributed by atoms with van der Waals surface area (Å²) in [6.07, 6.45) is 3.33. The Morgan fingerprint density at radius 1 is 1.03 bits per heavy atom. The largest absolute Gasteiger partial charge is 0.373 e. The third-order valence-corrected chi connectivity index (χ3v) is 8.39. The number of piperidine rings is 1.